The summed E-state index contributed by atoms with van der Waals surface area (Å²) in [5.74, 6) is -1.73. The molecule has 0 radical (unpaired) electrons. The van der Waals surface area contributed by atoms with Crippen molar-refractivity contribution in [3.63, 3.8) is 0 Å². The number of halogens is 1. The van der Waals surface area contributed by atoms with Crippen molar-refractivity contribution in [2.45, 2.75) is 32.2 Å². The average molecular weight is 316 g/mol. The van der Waals surface area contributed by atoms with Crippen LogP contribution in [-0.2, 0) is 4.79 Å². The van der Waals surface area contributed by atoms with Crippen LogP contribution in [0.5, 0.6) is 0 Å². The summed E-state index contributed by atoms with van der Waals surface area (Å²) in [6.45, 7) is 3.65. The lowest BCUT2D eigenvalue weighted by Crippen LogP contribution is -2.50. The van der Waals surface area contributed by atoms with Gasteiger partial charge in [0.15, 0.2) is 0 Å². The molecule has 1 aromatic carbocycles. The molecule has 1 N–H and O–H groups in total. The summed E-state index contributed by atoms with van der Waals surface area (Å²) in [6.07, 6.45) is 1.08. The lowest BCUT2D eigenvalue weighted by atomic mass is 9.98. The highest BCUT2D eigenvalue weighted by Crippen LogP contribution is 2.31. The third-order valence-electron chi connectivity index (χ3n) is 4.55. The van der Waals surface area contributed by atoms with Crippen LogP contribution in [0.1, 0.15) is 35.8 Å². The van der Waals surface area contributed by atoms with Crippen LogP contribution >= 0.6 is 0 Å². The molecule has 0 saturated carbocycles. The highest BCUT2D eigenvalue weighted by atomic mass is 19.1. The topological polar surface area (TPSA) is 70.5 Å². The SMILES string of the molecule is Cc1nc2cc(F)ccc2cc1C(=O)N1CCCC1(C)C(=O)O. The van der Waals surface area contributed by atoms with Gasteiger partial charge in [-0.25, -0.2) is 9.18 Å². The number of hydrogen-bond donors (Lipinski definition) is 1. The summed E-state index contributed by atoms with van der Waals surface area (Å²) in [4.78, 5) is 30.1. The average Bonchev–Trinajstić information content (AvgIpc) is 2.89. The summed E-state index contributed by atoms with van der Waals surface area (Å²) in [5.41, 5.74) is 0.106. The molecule has 1 amide bonds. The first-order valence-corrected chi connectivity index (χ1v) is 7.45. The third kappa shape index (κ3) is 2.44. The second kappa shape index (κ2) is 5.30. The van der Waals surface area contributed by atoms with E-state index in [-0.39, 0.29) is 11.7 Å². The number of pyridine rings is 1. The molecule has 1 atom stereocenters. The van der Waals surface area contributed by atoms with E-state index < -0.39 is 11.5 Å². The molecule has 0 spiro atoms. The number of aromatic nitrogens is 1. The number of likely N-dealkylation sites (tertiary alicyclic amines) is 1. The maximum absolute atomic E-state index is 13.3. The van der Waals surface area contributed by atoms with Crippen LogP contribution in [0.2, 0.25) is 0 Å². The Morgan fingerprint density at radius 2 is 2.09 bits per heavy atom. The van der Waals surface area contributed by atoms with Crippen molar-refractivity contribution < 1.29 is 19.1 Å². The van der Waals surface area contributed by atoms with E-state index in [0.717, 1.165) is 0 Å². The van der Waals surface area contributed by atoms with E-state index in [9.17, 15) is 19.1 Å². The van der Waals surface area contributed by atoms with Gasteiger partial charge >= 0.3 is 5.97 Å². The zero-order chi connectivity index (χ0) is 16.8. The van der Waals surface area contributed by atoms with Crippen molar-refractivity contribution in [1.29, 1.82) is 0 Å². The first-order valence-electron chi connectivity index (χ1n) is 7.45. The van der Waals surface area contributed by atoms with Crippen LogP contribution in [-0.4, -0.2) is 39.0 Å². The Kier molecular flexibility index (Phi) is 3.55. The number of benzene rings is 1. The maximum atomic E-state index is 13.3. The molecule has 2 heterocycles. The molecule has 3 rings (SSSR count). The minimum Gasteiger partial charge on any atom is -0.480 e. The van der Waals surface area contributed by atoms with Crippen LogP contribution in [0.15, 0.2) is 24.3 Å². The van der Waals surface area contributed by atoms with E-state index in [4.69, 9.17) is 0 Å². The number of aryl methyl sites for hydroxylation is 1. The summed E-state index contributed by atoms with van der Waals surface area (Å²) >= 11 is 0. The number of carbonyl (C=O) groups excluding carboxylic acids is 1. The van der Waals surface area contributed by atoms with Crippen molar-refractivity contribution >= 4 is 22.8 Å². The molecular formula is C17H17FN2O3. The van der Waals surface area contributed by atoms with E-state index in [0.29, 0.717) is 41.5 Å². The molecule has 23 heavy (non-hydrogen) atoms. The van der Waals surface area contributed by atoms with Gasteiger partial charge in [0.05, 0.1) is 16.8 Å². The standard InChI is InChI=1S/C17H17FN2O3/c1-10-13(8-11-4-5-12(18)9-14(11)19-10)15(21)20-7-3-6-17(20,2)16(22)23/h4-5,8-9H,3,6-7H2,1-2H3,(H,22,23). The summed E-state index contributed by atoms with van der Waals surface area (Å²) < 4.78 is 13.3. The van der Waals surface area contributed by atoms with Gasteiger partial charge in [0.2, 0.25) is 0 Å². The number of fused-ring (bicyclic) bond motifs is 1. The van der Waals surface area contributed by atoms with Gasteiger partial charge in [-0.05, 0) is 44.9 Å². The number of amides is 1. The summed E-state index contributed by atoms with van der Waals surface area (Å²) in [7, 11) is 0. The van der Waals surface area contributed by atoms with Gasteiger partial charge in [0, 0.05) is 18.0 Å². The number of carboxylic acids is 1. The molecule has 1 saturated heterocycles. The Hall–Kier alpha value is -2.50. The minimum absolute atomic E-state index is 0.344. The van der Waals surface area contributed by atoms with Crippen LogP contribution in [0.25, 0.3) is 10.9 Å². The Bertz CT molecular complexity index is 821. The molecule has 1 aromatic heterocycles. The molecule has 6 heteroatoms. The lowest BCUT2D eigenvalue weighted by molar-refractivity contribution is -0.147. The molecular weight excluding hydrogens is 299 g/mol. The molecule has 1 unspecified atom stereocenters. The second-order valence-electron chi connectivity index (χ2n) is 6.10. The number of carbonyl (C=O) groups is 2. The van der Waals surface area contributed by atoms with Crippen molar-refractivity contribution in [2.75, 3.05) is 6.54 Å². The Labute approximate surface area is 132 Å². The number of hydrogen-bond acceptors (Lipinski definition) is 3. The van der Waals surface area contributed by atoms with Gasteiger partial charge in [0.1, 0.15) is 11.4 Å². The zero-order valence-electron chi connectivity index (χ0n) is 13.0. The zero-order valence-corrected chi connectivity index (χ0v) is 13.0. The van der Waals surface area contributed by atoms with Gasteiger partial charge in [-0.2, -0.15) is 0 Å². The predicted molar refractivity (Wildman–Crippen MR) is 82.7 cm³/mol. The number of carboxylic acid groups (broad SMARTS) is 1. The number of nitrogens with zero attached hydrogens (tertiary/aromatic N) is 2. The fraction of sp³-hybridized carbons (Fsp3) is 0.353. The molecule has 2 aromatic rings. The predicted octanol–water partition coefficient (Wildman–Crippen LogP) is 2.76. The Morgan fingerprint density at radius 3 is 2.78 bits per heavy atom. The first-order chi connectivity index (χ1) is 10.8. The molecule has 0 bridgehead atoms. The summed E-state index contributed by atoms with van der Waals surface area (Å²) in [6, 6.07) is 5.84. The third-order valence-corrected chi connectivity index (χ3v) is 4.55. The minimum atomic E-state index is -1.19. The van der Waals surface area contributed by atoms with Crippen molar-refractivity contribution in [2.24, 2.45) is 0 Å². The Morgan fingerprint density at radius 1 is 1.35 bits per heavy atom. The van der Waals surface area contributed by atoms with Crippen LogP contribution < -0.4 is 0 Å². The molecule has 120 valence electrons. The highest BCUT2D eigenvalue weighted by Gasteiger charge is 2.46. The second-order valence-corrected chi connectivity index (χ2v) is 6.10. The largest absolute Gasteiger partial charge is 0.480 e. The monoisotopic (exact) mass is 316 g/mol. The van der Waals surface area contributed by atoms with E-state index >= 15 is 0 Å². The summed E-state index contributed by atoms with van der Waals surface area (Å²) in [5, 5.41) is 10.1. The number of rotatable bonds is 2. The smallest absolute Gasteiger partial charge is 0.329 e. The van der Waals surface area contributed by atoms with E-state index in [2.05, 4.69) is 4.98 Å². The van der Waals surface area contributed by atoms with Gasteiger partial charge < -0.3 is 10.0 Å². The van der Waals surface area contributed by atoms with Gasteiger partial charge in [-0.3, -0.25) is 9.78 Å². The van der Waals surface area contributed by atoms with Gasteiger partial charge in [-0.1, -0.05) is 0 Å². The molecule has 0 aliphatic carbocycles. The van der Waals surface area contributed by atoms with Crippen LogP contribution in [0.3, 0.4) is 0 Å². The van der Waals surface area contributed by atoms with Crippen LogP contribution in [0.4, 0.5) is 4.39 Å². The Balaban J connectivity index is 2.06. The highest BCUT2D eigenvalue weighted by molar-refractivity contribution is 6.01. The molecule has 1 fully saturated rings. The maximum Gasteiger partial charge on any atom is 0.329 e. The quantitative estimate of drug-likeness (QED) is 0.925. The lowest BCUT2D eigenvalue weighted by Gasteiger charge is -2.31. The van der Waals surface area contributed by atoms with Gasteiger partial charge in [-0.15, -0.1) is 0 Å². The normalized spacial score (nSPS) is 20.9. The first kappa shape index (κ1) is 15.4. The van der Waals surface area contributed by atoms with E-state index in [1.54, 1.807) is 26.0 Å². The van der Waals surface area contributed by atoms with Crippen molar-refractivity contribution in [3.05, 3.63) is 41.3 Å². The fourth-order valence-corrected chi connectivity index (χ4v) is 3.11. The molecule has 1 aliphatic heterocycles. The number of aliphatic carboxylic acids is 1. The fourth-order valence-electron chi connectivity index (χ4n) is 3.11. The molecule has 5 nitrogen and oxygen atoms in total. The van der Waals surface area contributed by atoms with E-state index in [1.165, 1.54) is 17.0 Å². The van der Waals surface area contributed by atoms with Crippen LogP contribution in [0, 0.1) is 12.7 Å². The molecule has 1 aliphatic rings. The van der Waals surface area contributed by atoms with Crippen molar-refractivity contribution in [1.82, 2.24) is 9.88 Å². The van der Waals surface area contributed by atoms with E-state index in [1.807, 2.05) is 0 Å². The van der Waals surface area contributed by atoms with Gasteiger partial charge in [0.25, 0.3) is 5.91 Å². The van der Waals surface area contributed by atoms with Crippen molar-refractivity contribution in [3.8, 4) is 0 Å².